The Kier molecular flexibility index (Phi) is 3.13. The lowest BCUT2D eigenvalue weighted by molar-refractivity contribution is -0.186. The van der Waals surface area contributed by atoms with Crippen molar-refractivity contribution in [2.45, 2.75) is 12.6 Å². The van der Waals surface area contributed by atoms with Crippen LogP contribution in [0.2, 0.25) is 0 Å². The molecule has 0 spiro atoms. The summed E-state index contributed by atoms with van der Waals surface area (Å²) in [5.74, 6) is -0.788. The van der Waals surface area contributed by atoms with E-state index in [-0.39, 0.29) is 6.42 Å². The van der Waals surface area contributed by atoms with Crippen molar-refractivity contribution in [3.63, 3.8) is 0 Å². The molecule has 1 aliphatic rings. The van der Waals surface area contributed by atoms with Crippen LogP contribution in [-0.2, 0) is 9.53 Å². The lowest BCUT2D eigenvalue weighted by atomic mass is 10.4. The third-order valence-corrected chi connectivity index (χ3v) is 1.57. The minimum atomic E-state index is -4.42. The molecule has 1 fully saturated rings. The van der Waals surface area contributed by atoms with Crippen LogP contribution in [0.1, 0.15) is 6.42 Å². The fourth-order valence-corrected chi connectivity index (χ4v) is 0.778. The summed E-state index contributed by atoms with van der Waals surface area (Å²) in [7, 11) is 0. The summed E-state index contributed by atoms with van der Waals surface area (Å²) in [6.45, 7) is 0.863. The van der Waals surface area contributed by atoms with Crippen LogP contribution in [-0.4, -0.2) is 43.3 Å². The zero-order chi connectivity index (χ0) is 9.90. The second-order valence-electron chi connectivity index (χ2n) is 2.87. The first kappa shape index (κ1) is 10.3. The van der Waals surface area contributed by atoms with Crippen molar-refractivity contribution in [2.75, 3.05) is 26.2 Å². The van der Waals surface area contributed by atoms with Gasteiger partial charge in [-0.3, -0.25) is 4.79 Å². The number of carbonyl (C=O) groups excluding carboxylic acids is 1. The molecular weight excluding hydrogens is 187 g/mol. The van der Waals surface area contributed by atoms with Crippen molar-refractivity contribution in [1.29, 1.82) is 0 Å². The first-order chi connectivity index (χ1) is 5.97. The van der Waals surface area contributed by atoms with Gasteiger partial charge in [0.2, 0.25) is 0 Å². The van der Waals surface area contributed by atoms with E-state index in [0.717, 1.165) is 13.1 Å². The molecule has 1 aliphatic heterocycles. The number of esters is 1. The highest BCUT2D eigenvalue weighted by Crippen LogP contribution is 2.15. The predicted octanol–water partition coefficient (Wildman–Crippen LogP) is 0.798. The Labute approximate surface area is 73.5 Å². The number of carbonyl (C=O) groups is 1. The maximum Gasteiger partial charge on any atom is 0.422 e. The van der Waals surface area contributed by atoms with Gasteiger partial charge in [0.15, 0.2) is 6.61 Å². The van der Waals surface area contributed by atoms with Gasteiger partial charge in [-0.2, -0.15) is 13.2 Å². The molecule has 0 radical (unpaired) electrons. The van der Waals surface area contributed by atoms with E-state index in [1.807, 2.05) is 4.90 Å². The Morgan fingerprint density at radius 1 is 1.38 bits per heavy atom. The van der Waals surface area contributed by atoms with Crippen molar-refractivity contribution in [3.8, 4) is 0 Å². The molecule has 0 atom stereocenters. The molecule has 1 heterocycles. The van der Waals surface area contributed by atoms with Gasteiger partial charge in [-0.1, -0.05) is 0 Å². The zero-order valence-electron chi connectivity index (χ0n) is 6.93. The van der Waals surface area contributed by atoms with Gasteiger partial charge in [-0.05, 0) is 0 Å². The van der Waals surface area contributed by atoms with Gasteiger partial charge in [0.05, 0.1) is 6.42 Å². The average Bonchev–Trinajstić information content (AvgIpc) is 2.78. The van der Waals surface area contributed by atoms with Gasteiger partial charge in [-0.15, -0.1) is 0 Å². The summed E-state index contributed by atoms with van der Waals surface area (Å²) in [4.78, 5) is 12.6. The molecule has 3 nitrogen and oxygen atoms in total. The summed E-state index contributed by atoms with van der Waals surface area (Å²) in [5.41, 5.74) is 0. The Balaban J connectivity index is 2.03. The fourth-order valence-electron chi connectivity index (χ4n) is 0.778. The van der Waals surface area contributed by atoms with Crippen LogP contribution >= 0.6 is 0 Å². The smallest absolute Gasteiger partial charge is 0.422 e. The van der Waals surface area contributed by atoms with Crippen molar-refractivity contribution < 1.29 is 22.7 Å². The molecular formula is C7H10F3NO2. The van der Waals surface area contributed by atoms with E-state index in [1.54, 1.807) is 0 Å². The molecule has 0 amide bonds. The molecule has 1 saturated heterocycles. The number of rotatable bonds is 4. The second-order valence-corrected chi connectivity index (χ2v) is 2.87. The summed E-state index contributed by atoms with van der Waals surface area (Å²) < 4.78 is 38.6. The molecule has 1 rings (SSSR count). The van der Waals surface area contributed by atoms with E-state index in [2.05, 4.69) is 4.74 Å². The molecule has 0 unspecified atom stereocenters. The lowest BCUT2D eigenvalue weighted by Crippen LogP contribution is -2.21. The van der Waals surface area contributed by atoms with E-state index in [9.17, 15) is 18.0 Å². The number of halogens is 3. The Hall–Kier alpha value is -0.780. The first-order valence-corrected chi connectivity index (χ1v) is 3.92. The van der Waals surface area contributed by atoms with E-state index >= 15 is 0 Å². The molecule has 76 valence electrons. The molecule has 0 bridgehead atoms. The third-order valence-electron chi connectivity index (χ3n) is 1.57. The first-order valence-electron chi connectivity index (χ1n) is 3.92. The largest absolute Gasteiger partial charge is 0.456 e. The molecule has 0 aliphatic carbocycles. The van der Waals surface area contributed by atoms with Crippen LogP contribution < -0.4 is 0 Å². The number of hydrogen-bond donors (Lipinski definition) is 0. The van der Waals surface area contributed by atoms with Crippen molar-refractivity contribution in [3.05, 3.63) is 0 Å². The van der Waals surface area contributed by atoms with Crippen LogP contribution in [0.4, 0.5) is 13.2 Å². The number of alkyl halides is 3. The zero-order valence-corrected chi connectivity index (χ0v) is 6.93. The summed E-state index contributed by atoms with van der Waals surface area (Å²) >= 11 is 0. The summed E-state index contributed by atoms with van der Waals surface area (Å²) in [5, 5.41) is 0. The van der Waals surface area contributed by atoms with Gasteiger partial charge in [0, 0.05) is 19.6 Å². The molecule has 13 heavy (non-hydrogen) atoms. The van der Waals surface area contributed by atoms with E-state index in [1.165, 1.54) is 0 Å². The van der Waals surface area contributed by atoms with Crippen LogP contribution in [0.5, 0.6) is 0 Å². The molecule has 0 aromatic carbocycles. The van der Waals surface area contributed by atoms with Gasteiger partial charge in [-0.25, -0.2) is 0 Å². The summed E-state index contributed by atoms with van der Waals surface area (Å²) in [6, 6.07) is 0. The Morgan fingerprint density at radius 3 is 2.46 bits per heavy atom. The standard InChI is InChI=1S/C7H10F3NO2/c8-7(9,10)5-13-6(12)1-2-11-3-4-11/h1-5H2. The van der Waals surface area contributed by atoms with E-state index < -0.39 is 18.8 Å². The highest BCUT2D eigenvalue weighted by Gasteiger charge is 2.29. The number of nitrogens with zero attached hydrogens (tertiary/aromatic N) is 1. The van der Waals surface area contributed by atoms with Gasteiger partial charge >= 0.3 is 12.1 Å². The lowest BCUT2D eigenvalue weighted by Gasteiger charge is -2.07. The highest BCUT2D eigenvalue weighted by atomic mass is 19.4. The van der Waals surface area contributed by atoms with Gasteiger partial charge in [0.1, 0.15) is 0 Å². The van der Waals surface area contributed by atoms with Crippen molar-refractivity contribution in [1.82, 2.24) is 4.90 Å². The van der Waals surface area contributed by atoms with Crippen molar-refractivity contribution in [2.24, 2.45) is 0 Å². The molecule has 0 aromatic heterocycles. The minimum Gasteiger partial charge on any atom is -0.456 e. The van der Waals surface area contributed by atoms with E-state index in [0.29, 0.717) is 6.54 Å². The topological polar surface area (TPSA) is 29.3 Å². The third kappa shape index (κ3) is 5.46. The molecule has 6 heteroatoms. The Bertz CT molecular complexity index is 189. The van der Waals surface area contributed by atoms with Crippen LogP contribution in [0, 0.1) is 0 Å². The fraction of sp³-hybridized carbons (Fsp3) is 0.857. The average molecular weight is 197 g/mol. The van der Waals surface area contributed by atoms with Crippen LogP contribution in [0.25, 0.3) is 0 Å². The minimum absolute atomic E-state index is 0.0378. The van der Waals surface area contributed by atoms with Gasteiger partial charge in [0.25, 0.3) is 0 Å². The number of ether oxygens (including phenoxy) is 1. The molecule has 0 N–H and O–H groups in total. The molecule has 0 saturated carbocycles. The summed E-state index contributed by atoms with van der Waals surface area (Å²) in [6.07, 6.45) is -4.38. The van der Waals surface area contributed by atoms with Gasteiger partial charge < -0.3 is 9.64 Å². The van der Waals surface area contributed by atoms with Crippen LogP contribution in [0.15, 0.2) is 0 Å². The number of hydrogen-bond acceptors (Lipinski definition) is 3. The quantitative estimate of drug-likeness (QED) is 0.493. The Morgan fingerprint density at radius 2 is 2.00 bits per heavy atom. The molecule has 0 aromatic rings. The maximum absolute atomic E-state index is 11.5. The monoisotopic (exact) mass is 197 g/mol. The second kappa shape index (κ2) is 3.95. The van der Waals surface area contributed by atoms with Crippen molar-refractivity contribution >= 4 is 5.97 Å². The normalized spacial score (nSPS) is 17.2. The van der Waals surface area contributed by atoms with Crippen LogP contribution in [0.3, 0.4) is 0 Å². The highest BCUT2D eigenvalue weighted by molar-refractivity contribution is 5.69. The SMILES string of the molecule is O=C(CCN1CC1)OCC(F)(F)F. The maximum atomic E-state index is 11.5. The van der Waals surface area contributed by atoms with E-state index in [4.69, 9.17) is 0 Å². The predicted molar refractivity (Wildman–Crippen MR) is 38.1 cm³/mol.